The van der Waals surface area contributed by atoms with Gasteiger partial charge in [0.25, 0.3) is 0 Å². The van der Waals surface area contributed by atoms with E-state index in [1.807, 2.05) is 19.9 Å². The molecule has 0 aliphatic carbocycles. The zero-order valence-corrected chi connectivity index (χ0v) is 11.4. The van der Waals surface area contributed by atoms with Gasteiger partial charge in [0.15, 0.2) is 0 Å². The molecule has 5 heteroatoms. The highest BCUT2D eigenvalue weighted by molar-refractivity contribution is 7.16. The SMILES string of the molecule is Cc1cnc(C)c(NCCc2ccc(Cl)s2)n1. The molecule has 0 atom stereocenters. The van der Waals surface area contributed by atoms with Crippen molar-refractivity contribution in [3.8, 4) is 0 Å². The molecule has 0 aliphatic heterocycles. The first-order chi connectivity index (χ1) is 8.15. The lowest BCUT2D eigenvalue weighted by Crippen LogP contribution is -2.08. The van der Waals surface area contributed by atoms with Crippen molar-refractivity contribution < 1.29 is 0 Å². The quantitative estimate of drug-likeness (QED) is 0.922. The maximum atomic E-state index is 5.88. The maximum absolute atomic E-state index is 5.88. The fraction of sp³-hybridized carbons (Fsp3) is 0.333. The normalized spacial score (nSPS) is 10.5. The molecule has 2 aromatic heterocycles. The summed E-state index contributed by atoms with van der Waals surface area (Å²) in [6.45, 7) is 4.74. The zero-order chi connectivity index (χ0) is 12.3. The number of nitrogens with one attached hydrogen (secondary N) is 1. The Balaban J connectivity index is 1.91. The van der Waals surface area contributed by atoms with Gasteiger partial charge in [-0.2, -0.15) is 0 Å². The number of aryl methyl sites for hydroxylation is 2. The molecule has 17 heavy (non-hydrogen) atoms. The minimum atomic E-state index is 0.839. The van der Waals surface area contributed by atoms with Crippen molar-refractivity contribution in [3.63, 3.8) is 0 Å². The molecule has 0 aromatic carbocycles. The average Bonchev–Trinajstić information content (AvgIpc) is 2.69. The number of hydrogen-bond donors (Lipinski definition) is 1. The van der Waals surface area contributed by atoms with E-state index in [0.717, 1.165) is 34.5 Å². The molecule has 2 aromatic rings. The van der Waals surface area contributed by atoms with E-state index in [4.69, 9.17) is 11.6 Å². The summed E-state index contributed by atoms with van der Waals surface area (Å²) in [5.41, 5.74) is 1.86. The predicted octanol–water partition coefficient (Wildman–Crippen LogP) is 3.46. The molecule has 2 heterocycles. The summed E-state index contributed by atoms with van der Waals surface area (Å²) in [5.74, 6) is 0.868. The molecule has 0 saturated heterocycles. The van der Waals surface area contributed by atoms with Crippen molar-refractivity contribution in [2.75, 3.05) is 11.9 Å². The number of hydrogen-bond acceptors (Lipinski definition) is 4. The predicted molar refractivity (Wildman–Crippen MR) is 73.0 cm³/mol. The summed E-state index contributed by atoms with van der Waals surface area (Å²) >= 11 is 7.50. The van der Waals surface area contributed by atoms with Crippen LogP contribution in [0.15, 0.2) is 18.3 Å². The Morgan fingerprint density at radius 1 is 1.35 bits per heavy atom. The van der Waals surface area contributed by atoms with Crippen LogP contribution in [0.4, 0.5) is 5.82 Å². The third-order valence-electron chi connectivity index (χ3n) is 2.37. The van der Waals surface area contributed by atoms with Crippen LogP contribution in [0.2, 0.25) is 4.34 Å². The second-order valence-corrected chi connectivity index (χ2v) is 5.63. The van der Waals surface area contributed by atoms with E-state index < -0.39 is 0 Å². The molecule has 2 rings (SSSR count). The number of anilines is 1. The first kappa shape index (κ1) is 12.3. The third-order valence-corrected chi connectivity index (χ3v) is 3.66. The number of thiophene rings is 1. The van der Waals surface area contributed by atoms with Crippen molar-refractivity contribution in [2.24, 2.45) is 0 Å². The molecule has 1 N–H and O–H groups in total. The van der Waals surface area contributed by atoms with Crippen LogP contribution in [0.25, 0.3) is 0 Å². The molecule has 3 nitrogen and oxygen atoms in total. The van der Waals surface area contributed by atoms with Crippen LogP contribution in [0.1, 0.15) is 16.3 Å². The largest absolute Gasteiger partial charge is 0.368 e. The smallest absolute Gasteiger partial charge is 0.147 e. The van der Waals surface area contributed by atoms with Crippen molar-refractivity contribution in [1.82, 2.24) is 9.97 Å². The topological polar surface area (TPSA) is 37.8 Å². The second kappa shape index (κ2) is 5.47. The Labute approximate surface area is 110 Å². The lowest BCUT2D eigenvalue weighted by molar-refractivity contribution is 0.987. The van der Waals surface area contributed by atoms with Crippen LogP contribution < -0.4 is 5.32 Å². The minimum Gasteiger partial charge on any atom is -0.368 e. The van der Waals surface area contributed by atoms with Gasteiger partial charge in [0, 0.05) is 17.6 Å². The van der Waals surface area contributed by atoms with Gasteiger partial charge in [-0.25, -0.2) is 4.98 Å². The Bertz CT molecular complexity index is 510. The monoisotopic (exact) mass is 267 g/mol. The van der Waals surface area contributed by atoms with E-state index in [0.29, 0.717) is 0 Å². The fourth-order valence-corrected chi connectivity index (χ4v) is 2.58. The van der Waals surface area contributed by atoms with Crippen LogP contribution in [-0.2, 0) is 6.42 Å². The van der Waals surface area contributed by atoms with E-state index in [1.165, 1.54) is 4.88 Å². The van der Waals surface area contributed by atoms with E-state index >= 15 is 0 Å². The van der Waals surface area contributed by atoms with Gasteiger partial charge in [0.05, 0.1) is 15.7 Å². The summed E-state index contributed by atoms with van der Waals surface area (Å²) in [7, 11) is 0. The summed E-state index contributed by atoms with van der Waals surface area (Å²) in [6, 6.07) is 3.99. The van der Waals surface area contributed by atoms with E-state index in [2.05, 4.69) is 21.4 Å². The lowest BCUT2D eigenvalue weighted by Gasteiger charge is -2.07. The van der Waals surface area contributed by atoms with Gasteiger partial charge in [-0.1, -0.05) is 11.6 Å². The first-order valence-corrected chi connectivity index (χ1v) is 6.63. The highest BCUT2D eigenvalue weighted by Gasteiger charge is 2.02. The Morgan fingerprint density at radius 2 is 2.18 bits per heavy atom. The van der Waals surface area contributed by atoms with E-state index in [1.54, 1.807) is 17.5 Å². The molecule has 0 amide bonds. The molecule has 0 saturated carbocycles. The molecule has 0 spiro atoms. The number of aromatic nitrogens is 2. The second-order valence-electron chi connectivity index (χ2n) is 3.83. The van der Waals surface area contributed by atoms with Crippen molar-refractivity contribution in [2.45, 2.75) is 20.3 Å². The van der Waals surface area contributed by atoms with Crippen molar-refractivity contribution >= 4 is 28.8 Å². The molecule has 0 fully saturated rings. The van der Waals surface area contributed by atoms with E-state index in [9.17, 15) is 0 Å². The molecule has 0 bridgehead atoms. The summed E-state index contributed by atoms with van der Waals surface area (Å²) < 4.78 is 0.839. The van der Waals surface area contributed by atoms with Gasteiger partial charge in [0.1, 0.15) is 5.82 Å². The fourth-order valence-electron chi connectivity index (χ4n) is 1.50. The van der Waals surface area contributed by atoms with Gasteiger partial charge in [-0.15, -0.1) is 11.3 Å². The lowest BCUT2D eigenvalue weighted by atomic mass is 10.3. The Morgan fingerprint density at radius 3 is 2.88 bits per heavy atom. The molecule has 0 radical (unpaired) electrons. The number of nitrogens with zero attached hydrogens (tertiary/aromatic N) is 2. The summed E-state index contributed by atoms with van der Waals surface area (Å²) in [5, 5.41) is 3.30. The van der Waals surface area contributed by atoms with E-state index in [-0.39, 0.29) is 0 Å². The highest BCUT2D eigenvalue weighted by Crippen LogP contribution is 2.21. The van der Waals surface area contributed by atoms with Crippen LogP contribution in [0.3, 0.4) is 0 Å². The summed E-state index contributed by atoms with van der Waals surface area (Å²) in [4.78, 5) is 9.96. The highest BCUT2D eigenvalue weighted by atomic mass is 35.5. The van der Waals surface area contributed by atoms with Crippen LogP contribution in [-0.4, -0.2) is 16.5 Å². The van der Waals surface area contributed by atoms with Crippen LogP contribution >= 0.6 is 22.9 Å². The molecule has 0 unspecified atom stereocenters. The van der Waals surface area contributed by atoms with Crippen molar-refractivity contribution in [1.29, 1.82) is 0 Å². The molecular weight excluding hydrogens is 254 g/mol. The molecule has 0 aliphatic rings. The summed E-state index contributed by atoms with van der Waals surface area (Å²) in [6.07, 6.45) is 2.73. The van der Waals surface area contributed by atoms with Gasteiger partial charge >= 0.3 is 0 Å². The Hall–Kier alpha value is -1.13. The molecule has 90 valence electrons. The zero-order valence-electron chi connectivity index (χ0n) is 9.83. The van der Waals surface area contributed by atoms with Gasteiger partial charge in [-0.3, -0.25) is 4.98 Å². The first-order valence-electron chi connectivity index (χ1n) is 5.43. The number of halogens is 1. The molecular formula is C12H14ClN3S. The number of rotatable bonds is 4. The van der Waals surface area contributed by atoms with Crippen molar-refractivity contribution in [3.05, 3.63) is 38.9 Å². The minimum absolute atomic E-state index is 0.839. The van der Waals surface area contributed by atoms with Gasteiger partial charge in [0.2, 0.25) is 0 Å². The van der Waals surface area contributed by atoms with Gasteiger partial charge in [-0.05, 0) is 32.4 Å². The van der Waals surface area contributed by atoms with Crippen LogP contribution in [0, 0.1) is 13.8 Å². The third kappa shape index (κ3) is 3.41. The maximum Gasteiger partial charge on any atom is 0.147 e. The van der Waals surface area contributed by atoms with Gasteiger partial charge < -0.3 is 5.32 Å². The Kier molecular flexibility index (Phi) is 3.97. The van der Waals surface area contributed by atoms with Crippen LogP contribution in [0.5, 0.6) is 0 Å². The standard InChI is InChI=1S/C12H14ClN3S/c1-8-7-15-9(2)12(16-8)14-6-5-10-3-4-11(13)17-10/h3-4,7H,5-6H2,1-2H3,(H,14,16). The average molecular weight is 268 g/mol.